The zero-order valence-corrected chi connectivity index (χ0v) is 12.3. The number of aliphatic imine (C=N–C) groups is 1. The molecular weight excluding hydrogens is 276 g/mol. The number of nitrogens with two attached hydrogens (primary N) is 1. The van der Waals surface area contributed by atoms with Gasteiger partial charge in [-0.15, -0.1) is 0 Å². The average molecular weight is 295 g/mol. The summed E-state index contributed by atoms with van der Waals surface area (Å²) < 4.78 is 32.9. The van der Waals surface area contributed by atoms with Crippen LogP contribution in [0.25, 0.3) is 0 Å². The normalized spacial score (nSPS) is 16.4. The van der Waals surface area contributed by atoms with E-state index >= 15 is 0 Å². The molecule has 0 aromatic heterocycles. The Morgan fingerprint density at radius 2 is 2.10 bits per heavy atom. The van der Waals surface area contributed by atoms with Crippen molar-refractivity contribution in [1.82, 2.24) is 5.43 Å². The second-order valence-corrected chi connectivity index (χ2v) is 4.61. The Morgan fingerprint density at radius 3 is 2.71 bits per heavy atom. The largest absolute Gasteiger partial charge is 0.433 e. The molecule has 0 radical (unpaired) electrons. The van der Waals surface area contributed by atoms with Gasteiger partial charge in [-0.25, -0.2) is 13.8 Å². The lowest BCUT2D eigenvalue weighted by molar-refractivity contribution is 0.374. The van der Waals surface area contributed by atoms with Gasteiger partial charge in [0.05, 0.1) is 6.20 Å². The van der Waals surface area contributed by atoms with Crippen LogP contribution in [-0.4, -0.2) is 5.90 Å². The van der Waals surface area contributed by atoms with Crippen molar-refractivity contribution < 1.29 is 13.5 Å². The number of hydrazine groups is 1. The third kappa shape index (κ3) is 5.74. The summed E-state index contributed by atoms with van der Waals surface area (Å²) in [7, 11) is 0. The second kappa shape index (κ2) is 8.16. The van der Waals surface area contributed by atoms with Crippen LogP contribution in [0.5, 0.6) is 0 Å². The first kappa shape index (κ1) is 16.8. The molecule has 6 heteroatoms. The topological polar surface area (TPSA) is 59.6 Å². The molecule has 114 valence electrons. The van der Waals surface area contributed by atoms with Gasteiger partial charge < -0.3 is 10.2 Å². The monoisotopic (exact) mass is 295 g/mol. The Balaban J connectivity index is 3.12. The van der Waals surface area contributed by atoms with E-state index in [0.717, 1.165) is 5.57 Å². The maximum atomic E-state index is 13.8. The second-order valence-electron chi connectivity index (χ2n) is 4.61. The van der Waals surface area contributed by atoms with Crippen molar-refractivity contribution in [3.05, 3.63) is 59.2 Å². The van der Waals surface area contributed by atoms with E-state index in [0.29, 0.717) is 12.1 Å². The summed E-state index contributed by atoms with van der Waals surface area (Å²) in [6.45, 7) is 5.33. The Bertz CT molecular complexity index is 565. The Hall–Kier alpha value is -2.21. The zero-order valence-electron chi connectivity index (χ0n) is 12.3. The molecule has 3 N–H and O–H groups in total. The predicted octanol–water partition coefficient (Wildman–Crippen LogP) is 3.69. The first-order valence-electron chi connectivity index (χ1n) is 6.40. The molecule has 0 unspecified atom stereocenters. The van der Waals surface area contributed by atoms with Crippen molar-refractivity contribution in [3.8, 4) is 0 Å². The molecule has 0 aromatic rings. The van der Waals surface area contributed by atoms with E-state index in [1.165, 1.54) is 24.4 Å². The fourth-order valence-electron chi connectivity index (χ4n) is 1.37. The molecule has 0 fully saturated rings. The van der Waals surface area contributed by atoms with Crippen LogP contribution in [0, 0.1) is 0 Å². The molecular formula is C15H19F2N3O. The van der Waals surface area contributed by atoms with Crippen molar-refractivity contribution in [3.63, 3.8) is 0 Å². The van der Waals surface area contributed by atoms with Gasteiger partial charge in [-0.3, -0.25) is 5.84 Å². The average Bonchev–Trinajstić information content (AvgIpc) is 2.58. The Labute approximate surface area is 123 Å². The van der Waals surface area contributed by atoms with Gasteiger partial charge in [-0.2, -0.15) is 0 Å². The fraction of sp³-hybridized carbons (Fsp3) is 0.267. The van der Waals surface area contributed by atoms with Crippen LogP contribution in [0.1, 0.15) is 27.2 Å². The highest BCUT2D eigenvalue weighted by Crippen LogP contribution is 2.24. The van der Waals surface area contributed by atoms with Gasteiger partial charge in [0, 0.05) is 5.70 Å². The standard InChI is InChI=1S/C15H19F2N3O/c1-10(2)8-14(19-9-11(3)20-18)21-15-12(16)6-4-5-7-13(15)17/h4,6-9,20H,5,18H2,1-3H3/b11-9+,19-14?. The van der Waals surface area contributed by atoms with E-state index in [9.17, 15) is 8.78 Å². The summed E-state index contributed by atoms with van der Waals surface area (Å²) in [5, 5.41) is 0. The van der Waals surface area contributed by atoms with Gasteiger partial charge in [-0.1, -0.05) is 11.6 Å². The van der Waals surface area contributed by atoms with Gasteiger partial charge in [-0.05, 0) is 45.4 Å². The summed E-state index contributed by atoms with van der Waals surface area (Å²) in [6, 6.07) is 0. The minimum atomic E-state index is -0.784. The number of hydrogen-bond acceptors (Lipinski definition) is 4. The zero-order chi connectivity index (χ0) is 15.8. The van der Waals surface area contributed by atoms with Crippen molar-refractivity contribution >= 4 is 5.90 Å². The molecule has 0 atom stereocenters. The molecule has 0 heterocycles. The third-order valence-corrected chi connectivity index (χ3v) is 2.36. The molecule has 0 aromatic carbocycles. The molecule has 1 aliphatic carbocycles. The highest BCUT2D eigenvalue weighted by molar-refractivity contribution is 5.89. The quantitative estimate of drug-likeness (QED) is 0.360. The molecule has 4 nitrogen and oxygen atoms in total. The van der Waals surface area contributed by atoms with Crippen LogP contribution >= 0.6 is 0 Å². The van der Waals surface area contributed by atoms with E-state index in [4.69, 9.17) is 10.6 Å². The van der Waals surface area contributed by atoms with Crippen LogP contribution in [0.3, 0.4) is 0 Å². The van der Waals surface area contributed by atoms with Crippen LogP contribution < -0.4 is 11.3 Å². The van der Waals surface area contributed by atoms with Gasteiger partial charge in [0.1, 0.15) is 0 Å². The highest BCUT2D eigenvalue weighted by Gasteiger charge is 2.16. The summed E-state index contributed by atoms with van der Waals surface area (Å²) in [5.74, 6) is 3.26. The minimum Gasteiger partial charge on any atom is -0.433 e. The number of allylic oxidation sites excluding steroid dienone is 7. The minimum absolute atomic E-state index is 0.0635. The molecule has 0 saturated heterocycles. The van der Waals surface area contributed by atoms with Gasteiger partial charge in [0.25, 0.3) is 0 Å². The van der Waals surface area contributed by atoms with Crippen molar-refractivity contribution in [1.29, 1.82) is 0 Å². The SMILES string of the molecule is CC(C)=CC(=N/C=C(\C)NN)OC1=C(F)C=CCC=C1F. The fourth-order valence-corrected chi connectivity index (χ4v) is 1.37. The van der Waals surface area contributed by atoms with Crippen molar-refractivity contribution in [2.75, 3.05) is 0 Å². The molecule has 0 spiro atoms. The molecule has 0 amide bonds. The first-order valence-corrected chi connectivity index (χ1v) is 6.40. The lowest BCUT2D eigenvalue weighted by Crippen LogP contribution is -2.18. The van der Waals surface area contributed by atoms with Crippen LogP contribution in [-0.2, 0) is 4.74 Å². The van der Waals surface area contributed by atoms with E-state index in [1.807, 2.05) is 13.8 Å². The summed E-state index contributed by atoms with van der Waals surface area (Å²) in [6.07, 6.45) is 7.19. The summed E-state index contributed by atoms with van der Waals surface area (Å²) >= 11 is 0. The number of halogens is 2. The highest BCUT2D eigenvalue weighted by atomic mass is 19.1. The van der Waals surface area contributed by atoms with Crippen molar-refractivity contribution in [2.24, 2.45) is 10.8 Å². The lowest BCUT2D eigenvalue weighted by Gasteiger charge is -2.08. The summed E-state index contributed by atoms with van der Waals surface area (Å²) in [4.78, 5) is 4.02. The van der Waals surface area contributed by atoms with Crippen molar-refractivity contribution in [2.45, 2.75) is 27.2 Å². The smallest absolute Gasteiger partial charge is 0.219 e. The van der Waals surface area contributed by atoms with Crippen LogP contribution in [0.4, 0.5) is 8.78 Å². The predicted molar refractivity (Wildman–Crippen MR) is 80.1 cm³/mol. The molecule has 0 bridgehead atoms. The number of rotatable bonds is 4. The third-order valence-electron chi connectivity index (χ3n) is 2.36. The number of nitrogens with zero attached hydrogens (tertiary/aromatic N) is 1. The van der Waals surface area contributed by atoms with E-state index < -0.39 is 17.4 Å². The van der Waals surface area contributed by atoms with Gasteiger partial charge in [0.2, 0.25) is 5.90 Å². The molecule has 1 aliphatic rings. The maximum Gasteiger partial charge on any atom is 0.219 e. The van der Waals surface area contributed by atoms with Gasteiger partial charge in [0.15, 0.2) is 17.4 Å². The summed E-state index contributed by atoms with van der Waals surface area (Å²) in [5.41, 5.74) is 3.84. The molecule has 1 rings (SSSR count). The number of ether oxygens (including phenoxy) is 1. The Morgan fingerprint density at radius 1 is 1.38 bits per heavy atom. The molecule has 0 saturated carbocycles. The van der Waals surface area contributed by atoms with Crippen LogP contribution in [0.2, 0.25) is 0 Å². The molecule has 21 heavy (non-hydrogen) atoms. The van der Waals surface area contributed by atoms with E-state index in [-0.39, 0.29) is 5.90 Å². The number of hydrogen-bond donors (Lipinski definition) is 2. The molecule has 0 aliphatic heterocycles. The van der Waals surface area contributed by atoms with Gasteiger partial charge >= 0.3 is 0 Å². The maximum absolute atomic E-state index is 13.8. The lowest BCUT2D eigenvalue weighted by atomic mass is 10.3. The van der Waals surface area contributed by atoms with E-state index in [2.05, 4.69) is 10.4 Å². The van der Waals surface area contributed by atoms with Crippen LogP contribution in [0.15, 0.2) is 64.2 Å². The number of nitrogens with one attached hydrogen (secondary N) is 1. The van der Waals surface area contributed by atoms with E-state index in [1.54, 1.807) is 13.0 Å². The first-order chi connectivity index (χ1) is 9.93. The Kier molecular flexibility index (Phi) is 6.55.